The summed E-state index contributed by atoms with van der Waals surface area (Å²) in [6.07, 6.45) is 0.448. The van der Waals surface area contributed by atoms with Crippen LogP contribution in [0.1, 0.15) is 16.7 Å². The smallest absolute Gasteiger partial charge is 0.137 e. The third-order valence-corrected chi connectivity index (χ3v) is 3.73. The zero-order valence-corrected chi connectivity index (χ0v) is 10.9. The summed E-state index contributed by atoms with van der Waals surface area (Å²) in [6.45, 7) is 4.19. The van der Waals surface area contributed by atoms with Gasteiger partial charge in [-0.25, -0.2) is 0 Å². The molecule has 3 rings (SSSR count). The molecular formula is C18H12N2. The van der Waals surface area contributed by atoms with Crippen LogP contribution in [0.25, 0.3) is 16.7 Å². The fourth-order valence-corrected chi connectivity index (χ4v) is 2.81. The van der Waals surface area contributed by atoms with E-state index in [1.807, 2.05) is 36.4 Å². The molecule has 0 saturated carbocycles. The monoisotopic (exact) mass is 256 g/mol. The standard InChI is InChI=1S/C18H12N2/c1-12-15-6-2-3-7-16(15)17-8-4-5-14(18(12)17)9-13(10-19)11-20/h2-8,13H,1,9H2. The van der Waals surface area contributed by atoms with Crippen molar-refractivity contribution >= 4 is 5.57 Å². The lowest BCUT2D eigenvalue weighted by atomic mass is 9.93. The summed E-state index contributed by atoms with van der Waals surface area (Å²) in [4.78, 5) is 0. The lowest BCUT2D eigenvalue weighted by Crippen LogP contribution is -2.01. The maximum absolute atomic E-state index is 8.98. The predicted octanol–water partition coefficient (Wildman–Crippen LogP) is 3.93. The van der Waals surface area contributed by atoms with E-state index < -0.39 is 5.92 Å². The molecule has 2 aromatic carbocycles. The highest BCUT2D eigenvalue weighted by Crippen LogP contribution is 2.45. The van der Waals surface area contributed by atoms with Crippen molar-refractivity contribution < 1.29 is 0 Å². The SMILES string of the molecule is C=C1c2ccccc2-c2cccc(CC(C#N)C#N)c21. The first-order chi connectivity index (χ1) is 9.76. The molecule has 1 aliphatic carbocycles. The van der Waals surface area contributed by atoms with Crippen LogP contribution in [0, 0.1) is 28.6 Å². The van der Waals surface area contributed by atoms with Gasteiger partial charge >= 0.3 is 0 Å². The largest absolute Gasteiger partial charge is 0.197 e. The van der Waals surface area contributed by atoms with Crippen LogP contribution < -0.4 is 0 Å². The molecule has 2 nitrogen and oxygen atoms in total. The Hall–Kier alpha value is -2.84. The van der Waals surface area contributed by atoms with E-state index in [1.54, 1.807) is 0 Å². The highest BCUT2D eigenvalue weighted by atomic mass is 14.3. The number of benzene rings is 2. The lowest BCUT2D eigenvalue weighted by molar-refractivity contribution is 0.832. The minimum atomic E-state index is -0.613. The van der Waals surface area contributed by atoms with Crippen molar-refractivity contribution in [3.63, 3.8) is 0 Å². The average Bonchev–Trinajstić information content (AvgIpc) is 2.79. The van der Waals surface area contributed by atoms with Gasteiger partial charge in [-0.1, -0.05) is 49.0 Å². The van der Waals surface area contributed by atoms with E-state index in [-0.39, 0.29) is 0 Å². The minimum absolute atomic E-state index is 0.448. The quantitative estimate of drug-likeness (QED) is 0.697. The Labute approximate surface area is 118 Å². The highest BCUT2D eigenvalue weighted by Gasteiger charge is 2.24. The molecule has 1 aliphatic rings. The molecule has 94 valence electrons. The topological polar surface area (TPSA) is 47.6 Å². The molecule has 0 radical (unpaired) electrons. The Morgan fingerprint density at radius 2 is 1.55 bits per heavy atom. The van der Waals surface area contributed by atoms with Crippen molar-refractivity contribution in [1.29, 1.82) is 10.5 Å². The molecule has 2 aromatic rings. The van der Waals surface area contributed by atoms with E-state index in [1.165, 1.54) is 5.56 Å². The van der Waals surface area contributed by atoms with E-state index in [0.29, 0.717) is 6.42 Å². The normalized spacial score (nSPS) is 11.7. The predicted molar refractivity (Wildman–Crippen MR) is 78.4 cm³/mol. The number of hydrogen-bond acceptors (Lipinski definition) is 2. The second-order valence-corrected chi connectivity index (χ2v) is 4.88. The summed E-state index contributed by atoms with van der Waals surface area (Å²) in [6, 6.07) is 18.3. The fourth-order valence-electron chi connectivity index (χ4n) is 2.81. The van der Waals surface area contributed by atoms with Gasteiger partial charge in [0.05, 0.1) is 12.1 Å². The molecule has 0 saturated heterocycles. The second-order valence-electron chi connectivity index (χ2n) is 4.88. The molecule has 0 heterocycles. The van der Waals surface area contributed by atoms with E-state index in [2.05, 4.69) is 24.8 Å². The first kappa shape index (κ1) is 12.2. The summed E-state index contributed by atoms with van der Waals surface area (Å²) < 4.78 is 0. The van der Waals surface area contributed by atoms with Gasteiger partial charge in [0.25, 0.3) is 0 Å². The first-order valence-electron chi connectivity index (χ1n) is 6.46. The summed E-state index contributed by atoms with van der Waals surface area (Å²) in [5.41, 5.74) is 6.57. The zero-order valence-electron chi connectivity index (χ0n) is 10.9. The van der Waals surface area contributed by atoms with Crippen LogP contribution in [-0.4, -0.2) is 0 Å². The van der Waals surface area contributed by atoms with Gasteiger partial charge in [0.15, 0.2) is 0 Å². The minimum Gasteiger partial charge on any atom is -0.197 e. The summed E-state index contributed by atoms with van der Waals surface area (Å²) >= 11 is 0. The fraction of sp³-hybridized carbons (Fsp3) is 0.111. The number of fused-ring (bicyclic) bond motifs is 3. The van der Waals surface area contributed by atoms with E-state index >= 15 is 0 Å². The lowest BCUT2D eigenvalue weighted by Gasteiger charge is -2.09. The molecule has 0 N–H and O–H groups in total. The van der Waals surface area contributed by atoms with Crippen molar-refractivity contribution in [3.05, 3.63) is 65.7 Å². The van der Waals surface area contributed by atoms with Crippen molar-refractivity contribution in [1.82, 2.24) is 0 Å². The number of rotatable bonds is 2. The van der Waals surface area contributed by atoms with Gasteiger partial charge in [-0.3, -0.25) is 0 Å². The van der Waals surface area contributed by atoms with Gasteiger partial charge in [0, 0.05) is 6.42 Å². The van der Waals surface area contributed by atoms with Crippen LogP contribution in [-0.2, 0) is 6.42 Å². The van der Waals surface area contributed by atoms with Crippen molar-refractivity contribution in [2.45, 2.75) is 6.42 Å². The highest BCUT2D eigenvalue weighted by molar-refractivity contribution is 6.01. The van der Waals surface area contributed by atoms with Crippen LogP contribution in [0.2, 0.25) is 0 Å². The van der Waals surface area contributed by atoms with Gasteiger partial charge in [0.2, 0.25) is 0 Å². The van der Waals surface area contributed by atoms with E-state index in [9.17, 15) is 0 Å². The molecular weight excluding hydrogens is 244 g/mol. The van der Waals surface area contributed by atoms with Crippen molar-refractivity contribution in [3.8, 4) is 23.3 Å². The molecule has 0 bridgehead atoms. The van der Waals surface area contributed by atoms with Crippen LogP contribution in [0.15, 0.2) is 49.0 Å². The van der Waals surface area contributed by atoms with Crippen LogP contribution in [0.3, 0.4) is 0 Å². The third-order valence-electron chi connectivity index (χ3n) is 3.73. The van der Waals surface area contributed by atoms with Gasteiger partial charge in [-0.05, 0) is 33.4 Å². The molecule has 0 atom stereocenters. The summed E-state index contributed by atoms with van der Waals surface area (Å²) in [5.74, 6) is -0.613. The maximum atomic E-state index is 8.98. The summed E-state index contributed by atoms with van der Waals surface area (Å²) in [5, 5.41) is 18.0. The maximum Gasteiger partial charge on any atom is 0.137 e. The molecule has 0 aromatic heterocycles. The number of hydrogen-bond donors (Lipinski definition) is 0. The molecule has 0 aliphatic heterocycles. The second kappa shape index (κ2) is 4.68. The van der Waals surface area contributed by atoms with Crippen LogP contribution in [0.5, 0.6) is 0 Å². The molecule has 0 fully saturated rings. The van der Waals surface area contributed by atoms with Crippen molar-refractivity contribution in [2.24, 2.45) is 5.92 Å². The molecule has 0 unspecified atom stereocenters. The molecule has 2 heteroatoms. The molecule has 0 spiro atoms. The van der Waals surface area contributed by atoms with Gasteiger partial charge < -0.3 is 0 Å². The van der Waals surface area contributed by atoms with Gasteiger partial charge in [-0.2, -0.15) is 10.5 Å². The van der Waals surface area contributed by atoms with E-state index in [4.69, 9.17) is 10.5 Å². The van der Waals surface area contributed by atoms with Crippen LogP contribution >= 0.6 is 0 Å². The van der Waals surface area contributed by atoms with Gasteiger partial charge in [0.1, 0.15) is 5.92 Å². The van der Waals surface area contributed by atoms with Crippen LogP contribution in [0.4, 0.5) is 0 Å². The number of nitrogens with zero attached hydrogens (tertiary/aromatic N) is 2. The molecule has 0 amide bonds. The average molecular weight is 256 g/mol. The Morgan fingerprint density at radius 1 is 0.900 bits per heavy atom. The Kier molecular flexibility index (Phi) is 2.86. The summed E-state index contributed by atoms with van der Waals surface area (Å²) in [7, 11) is 0. The number of nitriles is 2. The van der Waals surface area contributed by atoms with E-state index in [0.717, 1.165) is 27.8 Å². The Morgan fingerprint density at radius 3 is 2.25 bits per heavy atom. The Bertz CT molecular complexity index is 774. The zero-order chi connectivity index (χ0) is 14.1. The third kappa shape index (κ3) is 1.71. The Balaban J connectivity index is 2.14. The van der Waals surface area contributed by atoms with Gasteiger partial charge in [-0.15, -0.1) is 0 Å². The molecule has 20 heavy (non-hydrogen) atoms. The van der Waals surface area contributed by atoms with Crippen molar-refractivity contribution in [2.75, 3.05) is 0 Å². The first-order valence-corrected chi connectivity index (χ1v) is 6.46.